The molecule has 118 valence electrons. The summed E-state index contributed by atoms with van der Waals surface area (Å²) in [6, 6.07) is 12.0. The molecule has 3 rings (SSSR count). The lowest BCUT2D eigenvalue weighted by atomic mass is 10.1. The van der Waals surface area contributed by atoms with Gasteiger partial charge in [-0.25, -0.2) is 4.98 Å². The molecule has 2 nitrogen and oxygen atoms in total. The number of aryl methyl sites for hydroxylation is 1. The number of pyridine rings is 1. The minimum Gasteiger partial charge on any atom is -0.454 e. The quantitative estimate of drug-likeness (QED) is 0.534. The zero-order chi connectivity index (χ0) is 16.6. The number of aromatic nitrogens is 1. The number of ether oxygens (including phenoxy) is 1. The molecule has 2 aromatic carbocycles. The Morgan fingerprint density at radius 3 is 2.52 bits per heavy atom. The molecule has 0 aliphatic carbocycles. The SMILES string of the molecule is Cc1c(Oc2cccc(C(F)(F)F)c2)c(Cl)nc2ccccc12. The molecule has 0 amide bonds. The summed E-state index contributed by atoms with van der Waals surface area (Å²) < 4.78 is 43.9. The molecule has 0 saturated carbocycles. The van der Waals surface area contributed by atoms with Crippen molar-refractivity contribution < 1.29 is 17.9 Å². The first-order valence-electron chi connectivity index (χ1n) is 6.76. The highest BCUT2D eigenvalue weighted by Gasteiger charge is 2.30. The van der Waals surface area contributed by atoms with Crippen LogP contribution >= 0.6 is 11.6 Å². The van der Waals surface area contributed by atoms with E-state index in [0.29, 0.717) is 5.52 Å². The first-order chi connectivity index (χ1) is 10.9. The van der Waals surface area contributed by atoms with Gasteiger partial charge in [0.2, 0.25) is 0 Å². The van der Waals surface area contributed by atoms with E-state index in [1.165, 1.54) is 12.1 Å². The van der Waals surface area contributed by atoms with Crippen LogP contribution in [0.5, 0.6) is 11.5 Å². The van der Waals surface area contributed by atoms with E-state index in [-0.39, 0.29) is 16.7 Å². The van der Waals surface area contributed by atoms with Gasteiger partial charge in [0.1, 0.15) is 5.75 Å². The van der Waals surface area contributed by atoms with Crippen LogP contribution in [0.2, 0.25) is 5.15 Å². The van der Waals surface area contributed by atoms with Crippen LogP contribution in [0.1, 0.15) is 11.1 Å². The lowest BCUT2D eigenvalue weighted by Gasteiger charge is -2.14. The number of halogens is 4. The van der Waals surface area contributed by atoms with Gasteiger partial charge in [-0.3, -0.25) is 0 Å². The monoisotopic (exact) mass is 337 g/mol. The van der Waals surface area contributed by atoms with Crippen molar-refractivity contribution in [2.75, 3.05) is 0 Å². The summed E-state index contributed by atoms with van der Waals surface area (Å²) >= 11 is 6.13. The Bertz CT molecular complexity index is 877. The fourth-order valence-corrected chi connectivity index (χ4v) is 2.57. The molecule has 0 aliphatic heterocycles. The second-order valence-corrected chi connectivity index (χ2v) is 5.36. The van der Waals surface area contributed by atoms with Crippen molar-refractivity contribution in [1.29, 1.82) is 0 Å². The Kier molecular flexibility index (Phi) is 3.90. The summed E-state index contributed by atoms with van der Waals surface area (Å²) in [5, 5.41) is 0.942. The van der Waals surface area contributed by atoms with E-state index >= 15 is 0 Å². The van der Waals surface area contributed by atoms with Crippen LogP contribution in [0.3, 0.4) is 0 Å². The first kappa shape index (κ1) is 15.6. The number of rotatable bonds is 2. The van der Waals surface area contributed by atoms with Gasteiger partial charge in [-0.15, -0.1) is 0 Å². The van der Waals surface area contributed by atoms with E-state index in [1.807, 2.05) is 24.3 Å². The molecule has 0 bridgehead atoms. The van der Waals surface area contributed by atoms with Gasteiger partial charge in [0.05, 0.1) is 11.1 Å². The summed E-state index contributed by atoms with van der Waals surface area (Å²) in [5.41, 5.74) is 0.641. The molecule has 6 heteroatoms. The van der Waals surface area contributed by atoms with E-state index in [9.17, 15) is 13.2 Å². The zero-order valence-corrected chi connectivity index (χ0v) is 12.7. The van der Waals surface area contributed by atoms with Crippen LogP contribution in [-0.2, 0) is 6.18 Å². The number of hydrogen-bond donors (Lipinski definition) is 0. The average molecular weight is 338 g/mol. The lowest BCUT2D eigenvalue weighted by molar-refractivity contribution is -0.137. The van der Waals surface area contributed by atoms with Crippen LogP contribution in [0, 0.1) is 6.92 Å². The molecule has 0 fully saturated rings. The third kappa shape index (κ3) is 3.10. The molecule has 1 heterocycles. The predicted octanol–water partition coefficient (Wildman–Crippen LogP) is 6.01. The maximum Gasteiger partial charge on any atom is 0.416 e. The minimum atomic E-state index is -4.43. The molecule has 3 aromatic rings. The largest absolute Gasteiger partial charge is 0.454 e. The molecule has 0 radical (unpaired) electrons. The fourth-order valence-electron chi connectivity index (χ4n) is 2.29. The average Bonchev–Trinajstić information content (AvgIpc) is 2.51. The van der Waals surface area contributed by atoms with Crippen molar-refractivity contribution in [2.45, 2.75) is 13.1 Å². The number of para-hydroxylation sites is 1. The van der Waals surface area contributed by atoms with Crippen LogP contribution in [0.25, 0.3) is 10.9 Å². The van der Waals surface area contributed by atoms with Crippen molar-refractivity contribution in [3.05, 3.63) is 64.8 Å². The maximum atomic E-state index is 12.8. The number of alkyl halides is 3. The molecular formula is C17H11ClF3NO. The highest BCUT2D eigenvalue weighted by atomic mass is 35.5. The van der Waals surface area contributed by atoms with Crippen molar-refractivity contribution in [1.82, 2.24) is 4.98 Å². The molecule has 0 unspecified atom stereocenters. The Morgan fingerprint density at radius 1 is 1.04 bits per heavy atom. The minimum absolute atomic E-state index is 0.0573. The highest BCUT2D eigenvalue weighted by Crippen LogP contribution is 2.37. The van der Waals surface area contributed by atoms with Crippen LogP contribution in [0.4, 0.5) is 13.2 Å². The van der Waals surface area contributed by atoms with E-state index in [0.717, 1.165) is 23.1 Å². The molecule has 0 N–H and O–H groups in total. The van der Waals surface area contributed by atoms with Gasteiger partial charge >= 0.3 is 6.18 Å². The summed E-state index contributed by atoms with van der Waals surface area (Å²) in [4.78, 5) is 4.22. The summed E-state index contributed by atoms with van der Waals surface area (Å²) in [7, 11) is 0. The van der Waals surface area contributed by atoms with Crippen LogP contribution in [-0.4, -0.2) is 4.98 Å². The van der Waals surface area contributed by atoms with Crippen LogP contribution in [0.15, 0.2) is 48.5 Å². The summed E-state index contributed by atoms with van der Waals surface area (Å²) in [6.45, 7) is 1.79. The van der Waals surface area contributed by atoms with Gasteiger partial charge in [0.15, 0.2) is 10.9 Å². The number of fused-ring (bicyclic) bond motifs is 1. The zero-order valence-electron chi connectivity index (χ0n) is 12.0. The first-order valence-corrected chi connectivity index (χ1v) is 7.14. The normalized spacial score (nSPS) is 11.7. The van der Waals surface area contributed by atoms with Gasteiger partial charge < -0.3 is 4.74 Å². The van der Waals surface area contributed by atoms with Crippen LogP contribution < -0.4 is 4.74 Å². The fraction of sp³-hybridized carbons (Fsp3) is 0.118. The molecule has 0 spiro atoms. The third-order valence-corrected chi connectivity index (χ3v) is 3.69. The lowest BCUT2D eigenvalue weighted by Crippen LogP contribution is -2.04. The van der Waals surface area contributed by atoms with Gasteiger partial charge in [-0.1, -0.05) is 35.9 Å². The molecule has 1 aromatic heterocycles. The van der Waals surface area contributed by atoms with Crippen molar-refractivity contribution in [3.63, 3.8) is 0 Å². The second kappa shape index (κ2) is 5.74. The molecule has 0 aliphatic rings. The highest BCUT2D eigenvalue weighted by molar-refractivity contribution is 6.31. The maximum absolute atomic E-state index is 12.8. The number of benzene rings is 2. The summed E-state index contributed by atoms with van der Waals surface area (Å²) in [6.07, 6.45) is -4.43. The Balaban J connectivity index is 2.05. The van der Waals surface area contributed by atoms with Crippen molar-refractivity contribution in [3.8, 4) is 11.5 Å². The van der Waals surface area contributed by atoms with E-state index in [2.05, 4.69) is 4.98 Å². The Hall–Kier alpha value is -2.27. The van der Waals surface area contributed by atoms with Crippen molar-refractivity contribution >= 4 is 22.5 Å². The topological polar surface area (TPSA) is 22.1 Å². The van der Waals surface area contributed by atoms with Gasteiger partial charge in [0.25, 0.3) is 0 Å². The van der Waals surface area contributed by atoms with E-state index in [1.54, 1.807) is 6.92 Å². The molecule has 0 atom stereocenters. The smallest absolute Gasteiger partial charge is 0.416 e. The van der Waals surface area contributed by atoms with Gasteiger partial charge in [-0.05, 0) is 31.2 Å². The summed E-state index contributed by atoms with van der Waals surface area (Å²) in [5.74, 6) is 0.312. The standard InChI is InChI=1S/C17H11ClF3NO/c1-10-13-7-2-3-8-14(13)22-16(18)15(10)23-12-6-4-5-11(9-12)17(19,20)21/h2-9H,1H3. The third-order valence-electron chi connectivity index (χ3n) is 3.44. The second-order valence-electron chi connectivity index (χ2n) is 5.00. The van der Waals surface area contributed by atoms with Gasteiger partial charge in [0, 0.05) is 10.9 Å². The number of hydrogen-bond acceptors (Lipinski definition) is 2. The molecule has 23 heavy (non-hydrogen) atoms. The number of nitrogens with zero attached hydrogens (tertiary/aromatic N) is 1. The Labute approximate surface area is 135 Å². The van der Waals surface area contributed by atoms with E-state index < -0.39 is 11.7 Å². The predicted molar refractivity (Wildman–Crippen MR) is 83.0 cm³/mol. The molecule has 0 saturated heterocycles. The Morgan fingerprint density at radius 2 is 1.78 bits per heavy atom. The van der Waals surface area contributed by atoms with E-state index in [4.69, 9.17) is 16.3 Å². The molecular weight excluding hydrogens is 327 g/mol. The van der Waals surface area contributed by atoms with Crippen molar-refractivity contribution in [2.24, 2.45) is 0 Å². The van der Waals surface area contributed by atoms with Gasteiger partial charge in [-0.2, -0.15) is 13.2 Å².